The summed E-state index contributed by atoms with van der Waals surface area (Å²) in [4.78, 5) is 0. The zero-order valence-electron chi connectivity index (χ0n) is 13.6. The average Bonchev–Trinajstić information content (AvgIpc) is 2.60. The van der Waals surface area contributed by atoms with Crippen LogP contribution in [-0.2, 0) is 13.0 Å². The third-order valence-corrected chi connectivity index (χ3v) is 3.79. The summed E-state index contributed by atoms with van der Waals surface area (Å²) in [7, 11) is 4.74. The zero-order chi connectivity index (χ0) is 16.8. The second-order valence-electron chi connectivity index (χ2n) is 4.98. The summed E-state index contributed by atoms with van der Waals surface area (Å²) in [5, 5.41) is 19.2. The lowest BCUT2D eigenvalue weighted by Gasteiger charge is -2.20. The van der Waals surface area contributed by atoms with Gasteiger partial charge in [-0.15, -0.1) is 0 Å². The molecule has 0 aliphatic carbocycles. The van der Waals surface area contributed by atoms with E-state index in [-0.39, 0.29) is 13.2 Å². The number of ether oxygens (including phenoxy) is 3. The fourth-order valence-electron chi connectivity index (χ4n) is 2.67. The van der Waals surface area contributed by atoms with Gasteiger partial charge in [-0.05, 0) is 41.3 Å². The fourth-order valence-corrected chi connectivity index (χ4v) is 2.67. The van der Waals surface area contributed by atoms with Crippen LogP contribution in [0.3, 0.4) is 0 Å². The lowest BCUT2D eigenvalue weighted by atomic mass is 9.92. The Kier molecular flexibility index (Phi) is 5.84. The minimum atomic E-state index is -0.156. The zero-order valence-corrected chi connectivity index (χ0v) is 13.6. The first-order chi connectivity index (χ1) is 11.2. The molecule has 2 aromatic carbocycles. The lowest BCUT2D eigenvalue weighted by molar-refractivity contribution is 0.274. The van der Waals surface area contributed by atoms with E-state index in [4.69, 9.17) is 14.2 Å². The molecule has 2 rings (SSSR count). The molecule has 0 aliphatic heterocycles. The van der Waals surface area contributed by atoms with Crippen molar-refractivity contribution in [1.82, 2.24) is 0 Å². The van der Waals surface area contributed by atoms with Crippen molar-refractivity contribution < 1.29 is 24.4 Å². The van der Waals surface area contributed by atoms with Gasteiger partial charge in [-0.25, -0.2) is 0 Å². The predicted molar refractivity (Wildman–Crippen MR) is 88.2 cm³/mol. The van der Waals surface area contributed by atoms with Crippen LogP contribution in [0.4, 0.5) is 0 Å². The first-order valence-corrected chi connectivity index (χ1v) is 7.33. The van der Waals surface area contributed by atoms with Crippen molar-refractivity contribution in [2.45, 2.75) is 13.0 Å². The Hall–Kier alpha value is -2.24. The van der Waals surface area contributed by atoms with Crippen molar-refractivity contribution in [2.75, 3.05) is 27.9 Å². The van der Waals surface area contributed by atoms with Crippen LogP contribution in [-0.4, -0.2) is 38.1 Å². The van der Waals surface area contributed by atoms with E-state index in [1.165, 1.54) is 0 Å². The van der Waals surface area contributed by atoms with E-state index in [0.717, 1.165) is 28.0 Å². The highest BCUT2D eigenvalue weighted by atomic mass is 16.5. The summed E-state index contributed by atoms with van der Waals surface area (Å²) in [6, 6.07) is 9.30. The molecule has 0 aliphatic rings. The fraction of sp³-hybridized carbons (Fsp3) is 0.333. The minimum Gasteiger partial charge on any atom is -0.497 e. The molecule has 2 N–H and O–H groups in total. The number of benzene rings is 2. The summed E-state index contributed by atoms with van der Waals surface area (Å²) < 4.78 is 16.1. The molecular weight excluding hydrogens is 296 g/mol. The second-order valence-corrected chi connectivity index (χ2v) is 4.98. The molecule has 0 amide bonds. The molecule has 0 radical (unpaired) electrons. The normalized spacial score (nSPS) is 10.5. The molecular formula is C18H22O5. The van der Waals surface area contributed by atoms with E-state index in [2.05, 4.69) is 0 Å². The van der Waals surface area contributed by atoms with Crippen molar-refractivity contribution in [3.05, 3.63) is 41.5 Å². The molecule has 0 bridgehead atoms. The Labute approximate surface area is 136 Å². The maximum Gasteiger partial charge on any atom is 0.168 e. The van der Waals surface area contributed by atoms with Crippen LogP contribution >= 0.6 is 0 Å². The lowest BCUT2D eigenvalue weighted by Crippen LogP contribution is -2.04. The Morgan fingerprint density at radius 2 is 1.61 bits per heavy atom. The van der Waals surface area contributed by atoms with Crippen molar-refractivity contribution in [3.8, 4) is 28.4 Å². The minimum absolute atomic E-state index is 0.00939. The molecule has 124 valence electrons. The summed E-state index contributed by atoms with van der Waals surface area (Å²) in [5.41, 5.74) is 3.20. The quantitative estimate of drug-likeness (QED) is 0.820. The Bertz CT molecular complexity index is 649. The average molecular weight is 318 g/mol. The van der Waals surface area contributed by atoms with Crippen molar-refractivity contribution in [1.29, 1.82) is 0 Å². The maximum atomic E-state index is 9.87. The predicted octanol–water partition coefficient (Wildman–Crippen LogP) is 2.41. The standard InChI is InChI=1S/C18H22O5/c1-21-14-6-4-12(5-7-14)17-15(11-20)13(8-9-19)10-16(22-2)18(17)23-3/h4-7,10,19-20H,8-9,11H2,1-3H3. The number of hydrogen-bond donors (Lipinski definition) is 2. The molecule has 5 heteroatoms. The molecule has 0 saturated carbocycles. The van der Waals surface area contributed by atoms with E-state index in [1.54, 1.807) is 27.4 Å². The second kappa shape index (κ2) is 7.85. The molecule has 0 saturated heterocycles. The molecule has 0 unspecified atom stereocenters. The first-order valence-electron chi connectivity index (χ1n) is 7.33. The SMILES string of the molecule is COc1ccc(-c2c(CO)c(CCO)cc(OC)c2OC)cc1. The van der Waals surface area contributed by atoms with Crippen molar-refractivity contribution in [2.24, 2.45) is 0 Å². The van der Waals surface area contributed by atoms with Crippen LogP contribution in [0.5, 0.6) is 17.2 Å². The van der Waals surface area contributed by atoms with Crippen LogP contribution in [0.25, 0.3) is 11.1 Å². The van der Waals surface area contributed by atoms with Crippen molar-refractivity contribution in [3.63, 3.8) is 0 Å². The van der Waals surface area contributed by atoms with Gasteiger partial charge in [0.1, 0.15) is 5.75 Å². The van der Waals surface area contributed by atoms with Gasteiger partial charge < -0.3 is 24.4 Å². The molecule has 2 aromatic rings. The Morgan fingerprint density at radius 3 is 2.09 bits per heavy atom. The number of rotatable bonds is 7. The third-order valence-electron chi connectivity index (χ3n) is 3.79. The van der Waals surface area contributed by atoms with Crippen molar-refractivity contribution >= 4 is 0 Å². The molecule has 5 nitrogen and oxygen atoms in total. The van der Waals surface area contributed by atoms with E-state index in [0.29, 0.717) is 17.9 Å². The van der Waals surface area contributed by atoms with Gasteiger partial charge in [0, 0.05) is 12.2 Å². The molecule has 0 fully saturated rings. The molecule has 0 atom stereocenters. The topological polar surface area (TPSA) is 68.2 Å². The number of aliphatic hydroxyl groups excluding tert-OH is 2. The smallest absolute Gasteiger partial charge is 0.168 e. The Balaban J connectivity index is 2.72. The van der Waals surface area contributed by atoms with Gasteiger partial charge in [-0.3, -0.25) is 0 Å². The van der Waals surface area contributed by atoms with Gasteiger partial charge in [0.25, 0.3) is 0 Å². The van der Waals surface area contributed by atoms with Gasteiger partial charge in [0.15, 0.2) is 11.5 Å². The third kappa shape index (κ3) is 3.41. The highest BCUT2D eigenvalue weighted by molar-refractivity contribution is 5.79. The molecule has 0 spiro atoms. The van der Waals surface area contributed by atoms with E-state index < -0.39 is 0 Å². The van der Waals surface area contributed by atoms with Crippen LogP contribution in [0, 0.1) is 0 Å². The van der Waals surface area contributed by atoms with Gasteiger partial charge in [0.05, 0.1) is 27.9 Å². The Morgan fingerprint density at radius 1 is 0.913 bits per heavy atom. The summed E-state index contributed by atoms with van der Waals surface area (Å²) in [5.74, 6) is 1.87. The molecule has 0 aromatic heterocycles. The van der Waals surface area contributed by atoms with E-state index in [1.807, 2.05) is 24.3 Å². The number of hydrogen-bond acceptors (Lipinski definition) is 5. The maximum absolute atomic E-state index is 9.87. The van der Waals surface area contributed by atoms with Gasteiger partial charge in [-0.1, -0.05) is 12.1 Å². The summed E-state index contributed by atoms with van der Waals surface area (Å²) in [6.07, 6.45) is 0.430. The van der Waals surface area contributed by atoms with Gasteiger partial charge >= 0.3 is 0 Å². The van der Waals surface area contributed by atoms with E-state index >= 15 is 0 Å². The van der Waals surface area contributed by atoms with Crippen LogP contribution in [0.2, 0.25) is 0 Å². The first kappa shape index (κ1) is 17.1. The van der Waals surface area contributed by atoms with E-state index in [9.17, 15) is 10.2 Å². The molecule has 0 heterocycles. The largest absolute Gasteiger partial charge is 0.497 e. The van der Waals surface area contributed by atoms with Gasteiger partial charge in [0.2, 0.25) is 0 Å². The number of aliphatic hydroxyl groups is 2. The highest BCUT2D eigenvalue weighted by Gasteiger charge is 2.20. The molecule has 23 heavy (non-hydrogen) atoms. The van der Waals surface area contributed by atoms with Gasteiger partial charge in [-0.2, -0.15) is 0 Å². The summed E-state index contributed by atoms with van der Waals surface area (Å²) >= 11 is 0. The number of methoxy groups -OCH3 is 3. The van der Waals surface area contributed by atoms with Crippen LogP contribution in [0.15, 0.2) is 30.3 Å². The van der Waals surface area contributed by atoms with Crippen LogP contribution in [0.1, 0.15) is 11.1 Å². The summed E-state index contributed by atoms with van der Waals surface area (Å²) in [6.45, 7) is -0.165. The highest BCUT2D eigenvalue weighted by Crippen LogP contribution is 2.43. The van der Waals surface area contributed by atoms with Crippen LogP contribution < -0.4 is 14.2 Å². The monoisotopic (exact) mass is 318 g/mol.